The van der Waals surface area contributed by atoms with Gasteiger partial charge < -0.3 is 5.11 Å². The van der Waals surface area contributed by atoms with Crippen LogP contribution < -0.4 is 0 Å². The van der Waals surface area contributed by atoms with Gasteiger partial charge in [-0.1, -0.05) is 18.7 Å². The van der Waals surface area contributed by atoms with Crippen molar-refractivity contribution in [2.24, 2.45) is 0 Å². The molecule has 2 rings (SSSR count). The maximum atomic E-state index is 11.4. The highest BCUT2D eigenvalue weighted by Crippen LogP contribution is 2.28. The lowest BCUT2D eigenvalue weighted by molar-refractivity contribution is 0.0690. The molecule has 5 nitrogen and oxygen atoms in total. The van der Waals surface area contributed by atoms with Crippen molar-refractivity contribution in [3.63, 3.8) is 0 Å². The minimum Gasteiger partial charge on any atom is -0.478 e. The standard InChI is InChI=1S/C14H17N3O2S2/c1-5-10-15-8(3)12(14(18)19)13(17-10)20-6-11-16-7(2)9(4)21-11/h5-6H2,1-4H3,(H,18,19). The summed E-state index contributed by atoms with van der Waals surface area (Å²) >= 11 is 3.05. The summed E-state index contributed by atoms with van der Waals surface area (Å²) in [5.74, 6) is 0.315. The molecule has 0 saturated heterocycles. The lowest BCUT2D eigenvalue weighted by Crippen LogP contribution is -2.09. The molecule has 0 radical (unpaired) electrons. The molecule has 21 heavy (non-hydrogen) atoms. The zero-order valence-electron chi connectivity index (χ0n) is 12.4. The third-order valence-electron chi connectivity index (χ3n) is 3.04. The van der Waals surface area contributed by atoms with Gasteiger partial charge in [-0.15, -0.1) is 11.3 Å². The summed E-state index contributed by atoms with van der Waals surface area (Å²) in [6, 6.07) is 0. The molecule has 0 bridgehead atoms. The van der Waals surface area contributed by atoms with Gasteiger partial charge in [0.1, 0.15) is 21.4 Å². The lowest BCUT2D eigenvalue weighted by Gasteiger charge is -2.08. The Kier molecular flexibility index (Phi) is 4.95. The largest absolute Gasteiger partial charge is 0.478 e. The van der Waals surface area contributed by atoms with Crippen molar-refractivity contribution < 1.29 is 9.90 Å². The van der Waals surface area contributed by atoms with Gasteiger partial charge in [0.2, 0.25) is 0 Å². The number of rotatable bonds is 5. The smallest absolute Gasteiger partial charge is 0.340 e. The Hall–Kier alpha value is -1.47. The van der Waals surface area contributed by atoms with E-state index in [4.69, 9.17) is 0 Å². The van der Waals surface area contributed by atoms with E-state index in [1.165, 1.54) is 16.6 Å². The summed E-state index contributed by atoms with van der Waals surface area (Å²) < 4.78 is 0. The highest BCUT2D eigenvalue weighted by molar-refractivity contribution is 7.98. The number of aromatic carboxylic acids is 1. The average molecular weight is 323 g/mol. The van der Waals surface area contributed by atoms with Gasteiger partial charge in [0, 0.05) is 11.3 Å². The molecule has 1 N–H and O–H groups in total. The summed E-state index contributed by atoms with van der Waals surface area (Å²) in [5.41, 5.74) is 1.74. The molecule has 0 aliphatic carbocycles. The number of aromatic nitrogens is 3. The van der Waals surface area contributed by atoms with E-state index in [0.29, 0.717) is 28.7 Å². The van der Waals surface area contributed by atoms with Gasteiger partial charge in [-0.25, -0.2) is 19.7 Å². The predicted molar refractivity (Wildman–Crippen MR) is 84.3 cm³/mol. The molecule has 2 aromatic heterocycles. The maximum absolute atomic E-state index is 11.4. The summed E-state index contributed by atoms with van der Waals surface area (Å²) in [4.78, 5) is 25.7. The monoisotopic (exact) mass is 323 g/mol. The first kappa shape index (κ1) is 15.9. The Labute approximate surface area is 131 Å². The molecule has 0 aliphatic heterocycles. The van der Waals surface area contributed by atoms with Gasteiger partial charge in [0.15, 0.2) is 0 Å². The SMILES string of the molecule is CCc1nc(C)c(C(=O)O)c(SCc2nc(C)c(C)s2)n1. The molecule has 0 atom stereocenters. The van der Waals surface area contributed by atoms with E-state index in [0.717, 1.165) is 10.7 Å². The average Bonchev–Trinajstić information content (AvgIpc) is 2.74. The number of carboxylic acid groups (broad SMARTS) is 1. The van der Waals surface area contributed by atoms with Crippen LogP contribution in [0.5, 0.6) is 0 Å². The molecule has 0 saturated carbocycles. The molecule has 112 valence electrons. The van der Waals surface area contributed by atoms with Crippen molar-refractivity contribution in [2.75, 3.05) is 0 Å². The van der Waals surface area contributed by atoms with E-state index in [1.54, 1.807) is 18.3 Å². The van der Waals surface area contributed by atoms with E-state index < -0.39 is 5.97 Å². The van der Waals surface area contributed by atoms with Crippen molar-refractivity contribution in [1.29, 1.82) is 0 Å². The van der Waals surface area contributed by atoms with E-state index in [1.807, 2.05) is 20.8 Å². The molecule has 0 unspecified atom stereocenters. The van der Waals surface area contributed by atoms with Gasteiger partial charge in [-0.2, -0.15) is 0 Å². The van der Waals surface area contributed by atoms with E-state index >= 15 is 0 Å². The molecule has 7 heteroatoms. The van der Waals surface area contributed by atoms with Crippen LogP contribution in [0.1, 0.15) is 44.4 Å². The lowest BCUT2D eigenvalue weighted by atomic mass is 10.2. The Bertz CT molecular complexity index is 664. The van der Waals surface area contributed by atoms with Crippen molar-refractivity contribution in [2.45, 2.75) is 44.9 Å². The maximum Gasteiger partial charge on any atom is 0.340 e. The quantitative estimate of drug-likeness (QED) is 0.671. The van der Waals surface area contributed by atoms with E-state index in [9.17, 15) is 9.90 Å². The second-order valence-corrected chi connectivity index (χ2v) is 6.85. The number of carboxylic acids is 1. The van der Waals surface area contributed by atoms with Crippen LogP contribution in [0.2, 0.25) is 0 Å². The number of hydrogen-bond acceptors (Lipinski definition) is 6. The van der Waals surface area contributed by atoms with Gasteiger partial charge in [-0.3, -0.25) is 0 Å². The summed E-state index contributed by atoms with van der Waals surface area (Å²) in [7, 11) is 0. The molecule has 0 amide bonds. The first-order valence-corrected chi connectivity index (χ1v) is 8.39. The van der Waals surface area contributed by atoms with Crippen molar-refractivity contribution in [3.8, 4) is 0 Å². The summed E-state index contributed by atoms with van der Waals surface area (Å²) in [5, 5.41) is 10.9. The molecular formula is C14H17N3O2S2. The molecule has 0 fully saturated rings. The molecule has 2 heterocycles. The molecule has 0 spiro atoms. The van der Waals surface area contributed by atoms with Crippen LogP contribution in [0.25, 0.3) is 0 Å². The highest BCUT2D eigenvalue weighted by Gasteiger charge is 2.18. The Balaban J connectivity index is 2.29. The molecule has 0 aliphatic rings. The van der Waals surface area contributed by atoms with E-state index in [-0.39, 0.29) is 5.56 Å². The Morgan fingerprint density at radius 1 is 1.19 bits per heavy atom. The fourth-order valence-electron chi connectivity index (χ4n) is 1.84. The summed E-state index contributed by atoms with van der Waals surface area (Å²) in [6.45, 7) is 7.68. The highest BCUT2D eigenvalue weighted by atomic mass is 32.2. The molecule has 0 aromatic carbocycles. The van der Waals surface area contributed by atoms with Crippen LogP contribution in [0.3, 0.4) is 0 Å². The number of thioether (sulfide) groups is 1. The van der Waals surface area contributed by atoms with Crippen LogP contribution >= 0.6 is 23.1 Å². The number of hydrogen-bond donors (Lipinski definition) is 1. The number of nitrogens with zero attached hydrogens (tertiary/aromatic N) is 3. The van der Waals surface area contributed by atoms with Gasteiger partial charge in [-0.05, 0) is 20.8 Å². The van der Waals surface area contributed by atoms with Crippen molar-refractivity contribution >= 4 is 29.1 Å². The van der Waals surface area contributed by atoms with Gasteiger partial charge in [0.05, 0.1) is 17.1 Å². The minimum atomic E-state index is -0.982. The minimum absolute atomic E-state index is 0.196. The predicted octanol–water partition coefficient (Wildman–Crippen LogP) is 3.41. The third-order valence-corrected chi connectivity index (χ3v) is 5.28. The van der Waals surface area contributed by atoms with Crippen molar-refractivity contribution in [3.05, 3.63) is 32.7 Å². The van der Waals surface area contributed by atoms with Crippen LogP contribution in [-0.2, 0) is 12.2 Å². The molecule has 2 aromatic rings. The van der Waals surface area contributed by atoms with Crippen LogP contribution in [0.4, 0.5) is 0 Å². The number of aryl methyl sites for hydroxylation is 4. The summed E-state index contributed by atoms with van der Waals surface area (Å²) in [6.07, 6.45) is 0.684. The van der Waals surface area contributed by atoms with Crippen LogP contribution in [0.15, 0.2) is 5.03 Å². The fraction of sp³-hybridized carbons (Fsp3) is 0.429. The number of carbonyl (C=O) groups is 1. The fourth-order valence-corrected chi connectivity index (χ4v) is 3.86. The van der Waals surface area contributed by atoms with Crippen molar-refractivity contribution in [1.82, 2.24) is 15.0 Å². The topological polar surface area (TPSA) is 76.0 Å². The number of thiazole rings is 1. The first-order valence-electron chi connectivity index (χ1n) is 6.58. The van der Waals surface area contributed by atoms with Gasteiger partial charge in [0.25, 0.3) is 0 Å². The van der Waals surface area contributed by atoms with Crippen LogP contribution in [-0.4, -0.2) is 26.0 Å². The zero-order valence-corrected chi connectivity index (χ0v) is 14.1. The van der Waals surface area contributed by atoms with E-state index in [2.05, 4.69) is 15.0 Å². The van der Waals surface area contributed by atoms with Crippen LogP contribution in [0, 0.1) is 20.8 Å². The third kappa shape index (κ3) is 3.59. The zero-order chi connectivity index (χ0) is 15.6. The van der Waals surface area contributed by atoms with Gasteiger partial charge >= 0.3 is 5.97 Å². The normalized spacial score (nSPS) is 10.9. The first-order chi connectivity index (χ1) is 9.92. The Morgan fingerprint density at radius 2 is 1.90 bits per heavy atom. The molecular weight excluding hydrogens is 306 g/mol. The second kappa shape index (κ2) is 6.53. The second-order valence-electron chi connectivity index (χ2n) is 4.60. The Morgan fingerprint density at radius 3 is 2.43 bits per heavy atom.